The van der Waals surface area contributed by atoms with Crippen molar-refractivity contribution in [3.05, 3.63) is 111 Å². The molecule has 2 heterocycles. The van der Waals surface area contributed by atoms with E-state index in [2.05, 4.69) is 29.2 Å². The fraction of sp³-hybridized carbons (Fsp3) is 0.258. The topological polar surface area (TPSA) is 58.4 Å². The molecule has 0 atom stereocenters. The fourth-order valence-corrected chi connectivity index (χ4v) is 5.62. The molecule has 0 radical (unpaired) electrons. The number of hydrogen-bond acceptors (Lipinski definition) is 5. The number of piperazine rings is 1. The van der Waals surface area contributed by atoms with Crippen LogP contribution in [0.3, 0.4) is 0 Å². The average molecular weight is 525 g/mol. The van der Waals surface area contributed by atoms with Gasteiger partial charge in [0.1, 0.15) is 0 Å². The van der Waals surface area contributed by atoms with Crippen molar-refractivity contribution in [2.45, 2.75) is 17.8 Å². The summed E-state index contributed by atoms with van der Waals surface area (Å²) >= 11 is 1.53. The van der Waals surface area contributed by atoms with E-state index in [9.17, 15) is 9.59 Å². The van der Waals surface area contributed by atoms with Crippen molar-refractivity contribution in [3.8, 4) is 0 Å². The van der Waals surface area contributed by atoms with Gasteiger partial charge in [0.2, 0.25) is 0 Å². The van der Waals surface area contributed by atoms with Gasteiger partial charge in [-0.2, -0.15) is 0 Å². The highest BCUT2D eigenvalue weighted by Gasteiger charge is 2.21. The summed E-state index contributed by atoms with van der Waals surface area (Å²) in [5.41, 5.74) is 4.64. The molecule has 0 bridgehead atoms. The van der Waals surface area contributed by atoms with E-state index in [1.807, 2.05) is 72.5 Å². The molecule has 5 rings (SSSR count). The van der Waals surface area contributed by atoms with Crippen molar-refractivity contribution in [1.29, 1.82) is 0 Å². The van der Waals surface area contributed by atoms with E-state index in [1.165, 1.54) is 17.3 Å². The first kappa shape index (κ1) is 25.9. The monoisotopic (exact) mass is 524 g/mol. The minimum atomic E-state index is -0.0242. The lowest BCUT2D eigenvalue weighted by molar-refractivity contribution is 0.0650. The number of carbonyl (C=O) groups is 1. The minimum absolute atomic E-state index is 0.0242. The van der Waals surface area contributed by atoms with Crippen LogP contribution < -0.4 is 5.56 Å². The second-order valence-electron chi connectivity index (χ2n) is 9.62. The Bertz CT molecular complexity index is 1510. The van der Waals surface area contributed by atoms with E-state index in [4.69, 9.17) is 4.98 Å². The summed E-state index contributed by atoms with van der Waals surface area (Å²) in [6.07, 6.45) is 4.34. The van der Waals surface area contributed by atoms with Crippen molar-refractivity contribution in [2.75, 3.05) is 32.7 Å². The van der Waals surface area contributed by atoms with Crippen LogP contribution in [-0.4, -0.2) is 58.0 Å². The largest absolute Gasteiger partial charge is 0.336 e. The zero-order valence-corrected chi connectivity index (χ0v) is 22.7. The highest BCUT2D eigenvalue weighted by Crippen LogP contribution is 2.23. The Kier molecular flexibility index (Phi) is 8.05. The Morgan fingerprint density at radius 3 is 2.42 bits per heavy atom. The molecule has 0 spiro atoms. The summed E-state index contributed by atoms with van der Waals surface area (Å²) in [6, 6.07) is 23.9. The third kappa shape index (κ3) is 5.90. The molecule has 1 aliphatic heterocycles. The predicted molar refractivity (Wildman–Crippen MR) is 156 cm³/mol. The third-order valence-corrected chi connectivity index (χ3v) is 8.08. The van der Waals surface area contributed by atoms with Gasteiger partial charge in [-0.25, -0.2) is 4.98 Å². The Morgan fingerprint density at radius 2 is 1.68 bits per heavy atom. The molecule has 0 aliphatic carbocycles. The van der Waals surface area contributed by atoms with Gasteiger partial charge in [-0.05, 0) is 41.8 Å². The maximum Gasteiger partial charge on any atom is 0.262 e. The maximum absolute atomic E-state index is 13.1. The molecule has 1 aliphatic rings. The Hall–Kier alpha value is -3.68. The standard InChI is InChI=1S/C31H32N4O2S/c1-23-8-6-12-27-28(23)30(37)33(2)31(32-27)38-22-25-13-15-26(16-14-25)29(36)35-20-18-34(19-21-35)17-7-11-24-9-4-3-5-10-24/h3-16H,17-22H2,1-2H3. The van der Waals surface area contributed by atoms with E-state index in [1.54, 1.807) is 11.6 Å². The van der Waals surface area contributed by atoms with Gasteiger partial charge < -0.3 is 4.90 Å². The molecule has 4 aromatic rings. The van der Waals surface area contributed by atoms with Crippen LogP contribution in [0.15, 0.2) is 88.8 Å². The van der Waals surface area contributed by atoms with E-state index < -0.39 is 0 Å². The molecule has 0 N–H and O–H groups in total. The molecule has 1 saturated heterocycles. The van der Waals surface area contributed by atoms with Gasteiger partial charge in [0.25, 0.3) is 11.5 Å². The fourth-order valence-electron chi connectivity index (χ4n) is 4.69. The van der Waals surface area contributed by atoms with Gasteiger partial charge >= 0.3 is 0 Å². The molecular formula is C31H32N4O2S. The molecule has 3 aromatic carbocycles. The second-order valence-corrected chi connectivity index (χ2v) is 10.6. The van der Waals surface area contributed by atoms with Crippen molar-refractivity contribution in [2.24, 2.45) is 7.05 Å². The lowest BCUT2D eigenvalue weighted by Crippen LogP contribution is -2.48. The van der Waals surface area contributed by atoms with E-state index in [0.717, 1.165) is 49.4 Å². The zero-order chi connectivity index (χ0) is 26.5. The van der Waals surface area contributed by atoms with Crippen LogP contribution in [-0.2, 0) is 12.8 Å². The lowest BCUT2D eigenvalue weighted by atomic mass is 10.1. The van der Waals surface area contributed by atoms with Gasteiger partial charge in [0, 0.05) is 51.1 Å². The summed E-state index contributed by atoms with van der Waals surface area (Å²) in [5.74, 6) is 0.749. The van der Waals surface area contributed by atoms with E-state index in [-0.39, 0.29) is 11.5 Å². The average Bonchev–Trinajstić information content (AvgIpc) is 2.95. The van der Waals surface area contributed by atoms with Crippen molar-refractivity contribution < 1.29 is 4.79 Å². The highest BCUT2D eigenvalue weighted by atomic mass is 32.2. The third-order valence-electron chi connectivity index (χ3n) is 6.97. The zero-order valence-electron chi connectivity index (χ0n) is 21.8. The molecule has 1 amide bonds. The van der Waals surface area contributed by atoms with Crippen LogP contribution in [0.2, 0.25) is 0 Å². The Balaban J connectivity index is 1.14. The minimum Gasteiger partial charge on any atom is -0.336 e. The van der Waals surface area contributed by atoms with Gasteiger partial charge in [0.05, 0.1) is 10.9 Å². The highest BCUT2D eigenvalue weighted by molar-refractivity contribution is 7.98. The van der Waals surface area contributed by atoms with Gasteiger partial charge in [-0.15, -0.1) is 0 Å². The number of thioether (sulfide) groups is 1. The van der Waals surface area contributed by atoms with Crippen LogP contribution in [0.4, 0.5) is 0 Å². The summed E-state index contributed by atoms with van der Waals surface area (Å²) in [6.45, 7) is 6.03. The first-order chi connectivity index (χ1) is 18.5. The SMILES string of the molecule is Cc1cccc2nc(SCc3ccc(C(=O)N4CCN(CC=Cc5ccccc5)CC4)cc3)n(C)c(=O)c12. The number of hydrogen-bond donors (Lipinski definition) is 0. The summed E-state index contributed by atoms with van der Waals surface area (Å²) in [4.78, 5) is 34.9. The first-order valence-electron chi connectivity index (χ1n) is 12.9. The maximum atomic E-state index is 13.1. The molecule has 0 saturated carbocycles. The van der Waals surface area contributed by atoms with Gasteiger partial charge in [-0.1, -0.05) is 78.5 Å². The number of aryl methyl sites for hydroxylation is 1. The summed E-state index contributed by atoms with van der Waals surface area (Å²) in [5, 5.41) is 1.36. The number of nitrogens with zero attached hydrogens (tertiary/aromatic N) is 4. The van der Waals surface area contributed by atoms with Crippen LogP contribution in [0.1, 0.15) is 27.0 Å². The first-order valence-corrected chi connectivity index (χ1v) is 13.9. The number of aromatic nitrogens is 2. The van der Waals surface area contributed by atoms with Crippen LogP contribution in [0.5, 0.6) is 0 Å². The molecule has 194 valence electrons. The van der Waals surface area contributed by atoms with Crippen molar-refractivity contribution in [3.63, 3.8) is 0 Å². The number of carbonyl (C=O) groups excluding carboxylic acids is 1. The van der Waals surface area contributed by atoms with Crippen LogP contribution in [0.25, 0.3) is 17.0 Å². The molecule has 1 fully saturated rings. The number of amides is 1. The quantitative estimate of drug-likeness (QED) is 0.251. The van der Waals surface area contributed by atoms with Gasteiger partial charge in [0.15, 0.2) is 5.16 Å². The van der Waals surface area contributed by atoms with Crippen molar-refractivity contribution in [1.82, 2.24) is 19.4 Å². The summed E-state index contributed by atoms with van der Waals surface area (Å²) < 4.78 is 1.62. The number of benzene rings is 3. The molecule has 7 heteroatoms. The predicted octanol–water partition coefficient (Wildman–Crippen LogP) is 5.01. The molecule has 6 nitrogen and oxygen atoms in total. The number of rotatable bonds is 7. The van der Waals surface area contributed by atoms with Crippen molar-refractivity contribution >= 4 is 34.6 Å². The Labute approximate surface area is 227 Å². The van der Waals surface area contributed by atoms with Crippen LogP contribution in [0, 0.1) is 6.92 Å². The number of fused-ring (bicyclic) bond motifs is 1. The van der Waals surface area contributed by atoms with E-state index in [0.29, 0.717) is 21.9 Å². The molecular weight excluding hydrogens is 492 g/mol. The smallest absolute Gasteiger partial charge is 0.262 e. The van der Waals surface area contributed by atoms with E-state index >= 15 is 0 Å². The molecule has 1 aromatic heterocycles. The lowest BCUT2D eigenvalue weighted by Gasteiger charge is -2.34. The normalized spacial score (nSPS) is 14.4. The second kappa shape index (κ2) is 11.8. The summed E-state index contributed by atoms with van der Waals surface area (Å²) in [7, 11) is 1.77. The molecule has 38 heavy (non-hydrogen) atoms. The Morgan fingerprint density at radius 1 is 0.947 bits per heavy atom. The van der Waals surface area contributed by atoms with Crippen LogP contribution >= 0.6 is 11.8 Å². The van der Waals surface area contributed by atoms with Gasteiger partial charge in [-0.3, -0.25) is 19.1 Å². The molecule has 0 unspecified atom stereocenters.